The fourth-order valence-electron chi connectivity index (χ4n) is 7.80. The molecule has 3 amide bonds. The van der Waals surface area contributed by atoms with Gasteiger partial charge in [-0.3, -0.25) is 14.4 Å². The van der Waals surface area contributed by atoms with E-state index in [4.69, 9.17) is 0 Å². The highest BCUT2D eigenvalue weighted by Gasteiger charge is 2.76. The van der Waals surface area contributed by atoms with E-state index in [-0.39, 0.29) is 40.9 Å². The van der Waals surface area contributed by atoms with E-state index >= 15 is 0 Å². The van der Waals surface area contributed by atoms with Crippen LogP contribution in [0.4, 0.5) is 0 Å². The largest absolute Gasteiger partial charge is 0.396 e. The predicted octanol–water partition coefficient (Wildman–Crippen LogP) is 4.36. The lowest BCUT2D eigenvalue weighted by Crippen LogP contribution is -2.61. The third kappa shape index (κ3) is 5.70. The van der Waals surface area contributed by atoms with E-state index in [1.165, 1.54) is 0 Å². The fourth-order valence-corrected chi connectivity index (χ4v) is 10.2. The number of carbonyl (C=O) groups excluding carboxylic acids is 3. The highest BCUT2D eigenvalue weighted by atomic mass is 32.2. The molecule has 0 saturated carbocycles. The minimum absolute atomic E-state index is 0.00703. The van der Waals surface area contributed by atoms with Gasteiger partial charge in [0.15, 0.2) is 0 Å². The average molecular weight is 562 g/mol. The minimum atomic E-state index is -0.678. The zero-order chi connectivity index (χ0) is 29.3. The Morgan fingerprint density at radius 2 is 1.79 bits per heavy atom. The molecule has 0 aromatic rings. The molecule has 6 atom stereocenters. The van der Waals surface area contributed by atoms with Crippen LogP contribution in [0, 0.1) is 23.2 Å². The summed E-state index contributed by atoms with van der Waals surface area (Å²) in [6.07, 6.45) is 6.32. The van der Waals surface area contributed by atoms with Gasteiger partial charge >= 0.3 is 0 Å². The first-order chi connectivity index (χ1) is 18.2. The lowest BCUT2D eigenvalue weighted by Gasteiger charge is -2.47. The lowest BCUT2D eigenvalue weighted by molar-refractivity contribution is -0.147. The summed E-state index contributed by atoms with van der Waals surface area (Å²) in [6, 6.07) is -0.678. The number of hydrogen-bond donors (Lipinski definition) is 1. The number of fused-ring (bicyclic) bond motifs is 1. The van der Waals surface area contributed by atoms with E-state index in [0.29, 0.717) is 32.6 Å². The quantitative estimate of drug-likeness (QED) is 0.338. The standard InChI is InChI=1S/C31H51N3O4S/c1-10-14-32(15-11-2)26(36)23-22-19-21(4)31(39-22)24(23)27(37)33(17-13-18-35)25(31)28(38)34(16-12-3)30(8,9)20-29(5,6)7/h10,12,21-25,35H,1,3,11,13-20H2,2,4-9H3/t21?,22-,23+,24+,25?,31?/m1/s1. The molecule has 8 heteroatoms. The smallest absolute Gasteiger partial charge is 0.247 e. The van der Waals surface area contributed by atoms with Crippen LogP contribution in [0.2, 0.25) is 0 Å². The number of hydrogen-bond acceptors (Lipinski definition) is 5. The highest BCUT2D eigenvalue weighted by Crippen LogP contribution is 2.69. The molecule has 0 aliphatic carbocycles. The molecule has 1 spiro atoms. The Kier molecular flexibility index (Phi) is 9.74. The van der Waals surface area contributed by atoms with E-state index in [1.807, 2.05) is 16.7 Å². The molecule has 0 radical (unpaired) electrons. The van der Waals surface area contributed by atoms with E-state index in [9.17, 15) is 19.5 Å². The summed E-state index contributed by atoms with van der Waals surface area (Å²) in [5.41, 5.74) is -0.475. The van der Waals surface area contributed by atoms with Crippen molar-refractivity contribution in [1.29, 1.82) is 0 Å². The van der Waals surface area contributed by atoms with Gasteiger partial charge in [0.1, 0.15) is 6.04 Å². The number of carbonyl (C=O) groups is 3. The number of nitrogens with zero attached hydrogens (tertiary/aromatic N) is 3. The van der Waals surface area contributed by atoms with E-state index < -0.39 is 28.2 Å². The van der Waals surface area contributed by atoms with Crippen molar-refractivity contribution in [3.63, 3.8) is 0 Å². The molecule has 220 valence electrons. The fraction of sp³-hybridized carbons (Fsp3) is 0.774. The SMILES string of the molecule is C=CCN(CCC)C(=O)[C@@H]1[C@H]2C(=O)N(CCCO)C(C(=O)N(CC=C)C(C)(C)CC(C)(C)C)C23S[C@@H]1CC3C. The van der Waals surface area contributed by atoms with E-state index in [0.717, 1.165) is 19.3 Å². The number of amides is 3. The lowest BCUT2D eigenvalue weighted by atomic mass is 9.65. The van der Waals surface area contributed by atoms with Crippen LogP contribution >= 0.6 is 11.8 Å². The molecule has 2 bridgehead atoms. The van der Waals surface area contributed by atoms with Crippen molar-refractivity contribution in [2.75, 3.05) is 32.8 Å². The van der Waals surface area contributed by atoms with Crippen molar-refractivity contribution in [1.82, 2.24) is 14.7 Å². The number of thioether (sulfide) groups is 1. The van der Waals surface area contributed by atoms with Crippen molar-refractivity contribution in [3.05, 3.63) is 25.3 Å². The summed E-state index contributed by atoms with van der Waals surface area (Å²) in [7, 11) is 0. The van der Waals surface area contributed by atoms with Crippen LogP contribution in [0.3, 0.4) is 0 Å². The first kappa shape index (κ1) is 31.7. The maximum absolute atomic E-state index is 14.8. The zero-order valence-electron chi connectivity index (χ0n) is 25.2. The molecule has 3 fully saturated rings. The van der Waals surface area contributed by atoms with Crippen molar-refractivity contribution in [2.45, 2.75) is 95.7 Å². The van der Waals surface area contributed by atoms with Crippen molar-refractivity contribution >= 4 is 29.5 Å². The normalized spacial score (nSPS) is 29.9. The summed E-state index contributed by atoms with van der Waals surface area (Å²) in [5.74, 6) is -1.06. The van der Waals surface area contributed by atoms with Gasteiger partial charge in [0.2, 0.25) is 17.7 Å². The number of likely N-dealkylation sites (tertiary alicyclic amines) is 1. The van der Waals surface area contributed by atoms with Crippen LogP contribution in [-0.2, 0) is 14.4 Å². The zero-order valence-corrected chi connectivity index (χ0v) is 26.1. The van der Waals surface area contributed by atoms with Crippen LogP contribution in [-0.4, -0.2) is 91.9 Å². The van der Waals surface area contributed by atoms with Gasteiger partial charge in [-0.1, -0.05) is 46.8 Å². The Morgan fingerprint density at radius 1 is 1.15 bits per heavy atom. The van der Waals surface area contributed by atoms with Crippen LogP contribution in [0.5, 0.6) is 0 Å². The molecular formula is C31H51N3O4S. The van der Waals surface area contributed by atoms with Gasteiger partial charge in [-0.05, 0) is 50.9 Å². The second-order valence-corrected chi connectivity index (χ2v) is 15.1. The van der Waals surface area contributed by atoms with Gasteiger partial charge in [-0.2, -0.15) is 0 Å². The number of aliphatic hydroxyl groups excluding tert-OH is 1. The summed E-state index contributed by atoms with van der Waals surface area (Å²) in [5, 5.41) is 9.69. The third-order valence-electron chi connectivity index (χ3n) is 8.75. The van der Waals surface area contributed by atoms with E-state index in [1.54, 1.807) is 28.8 Å². The minimum Gasteiger partial charge on any atom is -0.396 e. The third-order valence-corrected chi connectivity index (χ3v) is 10.8. The maximum Gasteiger partial charge on any atom is 0.247 e. The predicted molar refractivity (Wildman–Crippen MR) is 159 cm³/mol. The second-order valence-electron chi connectivity index (χ2n) is 13.5. The highest BCUT2D eigenvalue weighted by molar-refractivity contribution is 8.02. The van der Waals surface area contributed by atoms with Gasteiger partial charge in [0.25, 0.3) is 0 Å². The Morgan fingerprint density at radius 3 is 2.33 bits per heavy atom. The van der Waals surface area contributed by atoms with Crippen molar-refractivity contribution in [3.8, 4) is 0 Å². The Labute approximate surface area is 240 Å². The molecule has 3 aliphatic heterocycles. The van der Waals surface area contributed by atoms with Crippen molar-refractivity contribution in [2.24, 2.45) is 23.2 Å². The molecule has 3 aliphatic rings. The van der Waals surface area contributed by atoms with Crippen LogP contribution in [0.25, 0.3) is 0 Å². The van der Waals surface area contributed by atoms with Gasteiger partial charge in [-0.25, -0.2) is 0 Å². The molecule has 0 aromatic carbocycles. The summed E-state index contributed by atoms with van der Waals surface area (Å²) in [4.78, 5) is 48.5. The summed E-state index contributed by atoms with van der Waals surface area (Å²) in [6.45, 7) is 24.4. The molecular weight excluding hydrogens is 510 g/mol. The summed E-state index contributed by atoms with van der Waals surface area (Å²) < 4.78 is -0.669. The molecule has 1 N–H and O–H groups in total. The van der Waals surface area contributed by atoms with E-state index in [2.05, 4.69) is 54.7 Å². The van der Waals surface area contributed by atoms with Gasteiger partial charge < -0.3 is 19.8 Å². The molecule has 39 heavy (non-hydrogen) atoms. The molecule has 0 aromatic heterocycles. The van der Waals surface area contributed by atoms with Crippen LogP contribution < -0.4 is 0 Å². The number of aliphatic hydroxyl groups is 1. The molecule has 7 nitrogen and oxygen atoms in total. The topological polar surface area (TPSA) is 81.2 Å². The summed E-state index contributed by atoms with van der Waals surface area (Å²) >= 11 is 1.71. The Balaban J connectivity index is 2.11. The average Bonchev–Trinajstić information content (AvgIpc) is 3.42. The van der Waals surface area contributed by atoms with Gasteiger partial charge in [-0.15, -0.1) is 24.9 Å². The monoisotopic (exact) mass is 561 g/mol. The molecule has 3 rings (SSSR count). The van der Waals surface area contributed by atoms with Crippen molar-refractivity contribution < 1.29 is 19.5 Å². The first-order valence-corrected chi connectivity index (χ1v) is 15.5. The Hall–Kier alpha value is -1.80. The van der Waals surface area contributed by atoms with Crippen LogP contribution in [0.15, 0.2) is 25.3 Å². The number of rotatable bonds is 13. The second kappa shape index (κ2) is 12.0. The molecule has 3 heterocycles. The molecule has 3 unspecified atom stereocenters. The maximum atomic E-state index is 14.8. The Bertz CT molecular complexity index is 960. The van der Waals surface area contributed by atoms with Gasteiger partial charge in [0, 0.05) is 43.6 Å². The van der Waals surface area contributed by atoms with Crippen LogP contribution in [0.1, 0.15) is 74.1 Å². The first-order valence-electron chi connectivity index (χ1n) is 14.6. The van der Waals surface area contributed by atoms with Gasteiger partial charge in [0.05, 0.1) is 16.6 Å². The molecule has 3 saturated heterocycles.